The van der Waals surface area contributed by atoms with E-state index in [-0.39, 0.29) is 11.8 Å². The summed E-state index contributed by atoms with van der Waals surface area (Å²) in [4.78, 5) is 25.2. The number of nitrogens with zero attached hydrogens (tertiary/aromatic N) is 1. The molecule has 1 aromatic rings. The minimum atomic E-state index is -2.06. The Balaban J connectivity index is 3.37. The summed E-state index contributed by atoms with van der Waals surface area (Å²) in [7, 11) is 0. The standard InChI is InChI=1S/C13H14Cl3NO2/c1-8(2)17(12(19)13(14,15)16)11-7-5-4-6-10(11)9(3)18/h4-8H,1-3H3. The van der Waals surface area contributed by atoms with Crippen LogP contribution in [0.15, 0.2) is 24.3 Å². The first-order chi connectivity index (χ1) is 8.66. The second-order valence-corrected chi connectivity index (χ2v) is 6.62. The van der Waals surface area contributed by atoms with Gasteiger partial charge in [-0.05, 0) is 32.9 Å². The monoisotopic (exact) mass is 321 g/mol. The van der Waals surface area contributed by atoms with Crippen LogP contribution in [-0.2, 0) is 4.79 Å². The van der Waals surface area contributed by atoms with Gasteiger partial charge in [-0.25, -0.2) is 0 Å². The van der Waals surface area contributed by atoms with E-state index in [0.29, 0.717) is 11.3 Å². The summed E-state index contributed by atoms with van der Waals surface area (Å²) in [5, 5.41) is 0. The van der Waals surface area contributed by atoms with Gasteiger partial charge in [0.25, 0.3) is 9.70 Å². The molecule has 0 aliphatic heterocycles. The van der Waals surface area contributed by atoms with E-state index in [9.17, 15) is 9.59 Å². The number of hydrogen-bond acceptors (Lipinski definition) is 2. The number of carbonyl (C=O) groups excluding carboxylic acids is 2. The van der Waals surface area contributed by atoms with Gasteiger partial charge in [0.05, 0.1) is 5.69 Å². The Morgan fingerprint density at radius 1 is 1.16 bits per heavy atom. The summed E-state index contributed by atoms with van der Waals surface area (Å²) in [5.41, 5.74) is 0.861. The van der Waals surface area contributed by atoms with Crippen LogP contribution in [0.3, 0.4) is 0 Å². The minimum absolute atomic E-state index is 0.154. The number of ketones is 1. The number of rotatable bonds is 3. The molecule has 0 saturated carbocycles. The molecule has 0 fully saturated rings. The van der Waals surface area contributed by atoms with E-state index >= 15 is 0 Å². The van der Waals surface area contributed by atoms with Gasteiger partial charge in [0.1, 0.15) is 0 Å². The van der Waals surface area contributed by atoms with E-state index in [4.69, 9.17) is 34.8 Å². The molecule has 19 heavy (non-hydrogen) atoms. The van der Waals surface area contributed by atoms with Crippen molar-refractivity contribution in [1.82, 2.24) is 0 Å². The predicted molar refractivity (Wildman–Crippen MR) is 79.4 cm³/mol. The fraction of sp³-hybridized carbons (Fsp3) is 0.385. The van der Waals surface area contributed by atoms with Gasteiger partial charge in [-0.1, -0.05) is 46.9 Å². The zero-order chi connectivity index (χ0) is 14.8. The Labute approximate surface area is 127 Å². The first-order valence-corrected chi connectivity index (χ1v) is 6.80. The number of alkyl halides is 3. The molecule has 1 amide bonds. The SMILES string of the molecule is CC(=O)c1ccccc1N(C(=O)C(Cl)(Cl)Cl)C(C)C. The molecule has 0 atom stereocenters. The summed E-state index contributed by atoms with van der Waals surface area (Å²) in [6, 6.07) is 6.49. The summed E-state index contributed by atoms with van der Waals surface area (Å²) in [6.07, 6.45) is 0. The zero-order valence-electron chi connectivity index (χ0n) is 10.8. The molecule has 0 aromatic heterocycles. The van der Waals surface area contributed by atoms with Crippen LogP contribution < -0.4 is 4.90 Å². The first kappa shape index (κ1) is 16.3. The molecule has 0 spiro atoms. The third kappa shape index (κ3) is 3.85. The first-order valence-electron chi connectivity index (χ1n) is 5.66. The lowest BCUT2D eigenvalue weighted by atomic mass is 10.1. The predicted octanol–water partition coefficient (Wildman–Crippen LogP) is 4.00. The highest BCUT2D eigenvalue weighted by molar-refractivity contribution is 6.77. The second kappa shape index (κ2) is 6.12. The molecule has 6 heteroatoms. The molecular weight excluding hydrogens is 309 g/mol. The van der Waals surface area contributed by atoms with Crippen molar-refractivity contribution in [2.24, 2.45) is 0 Å². The number of amides is 1. The Morgan fingerprint density at radius 3 is 2.11 bits per heavy atom. The van der Waals surface area contributed by atoms with E-state index in [1.54, 1.807) is 38.1 Å². The maximum absolute atomic E-state index is 12.2. The maximum Gasteiger partial charge on any atom is 0.279 e. The number of anilines is 1. The highest BCUT2D eigenvalue weighted by atomic mass is 35.6. The van der Waals surface area contributed by atoms with Gasteiger partial charge in [-0.3, -0.25) is 9.59 Å². The van der Waals surface area contributed by atoms with Gasteiger partial charge in [0.2, 0.25) is 0 Å². The molecule has 1 rings (SSSR count). The van der Waals surface area contributed by atoms with Crippen molar-refractivity contribution in [3.63, 3.8) is 0 Å². The molecule has 0 aliphatic carbocycles. The van der Waals surface area contributed by atoms with Crippen LogP contribution in [0.5, 0.6) is 0 Å². The van der Waals surface area contributed by atoms with Crippen LogP contribution in [-0.4, -0.2) is 21.5 Å². The average Bonchev–Trinajstić information content (AvgIpc) is 2.27. The zero-order valence-corrected chi connectivity index (χ0v) is 13.1. The fourth-order valence-corrected chi connectivity index (χ4v) is 2.01. The number of hydrogen-bond donors (Lipinski definition) is 0. The lowest BCUT2D eigenvalue weighted by Gasteiger charge is -2.30. The van der Waals surface area contributed by atoms with Crippen LogP contribution in [0.2, 0.25) is 0 Å². The summed E-state index contributed by atoms with van der Waals surface area (Å²) < 4.78 is -2.06. The molecule has 0 heterocycles. The second-order valence-electron chi connectivity index (χ2n) is 4.34. The van der Waals surface area contributed by atoms with Crippen LogP contribution in [0.4, 0.5) is 5.69 Å². The van der Waals surface area contributed by atoms with Gasteiger partial charge in [0.15, 0.2) is 5.78 Å². The van der Waals surface area contributed by atoms with Gasteiger partial charge in [0, 0.05) is 11.6 Å². The van der Waals surface area contributed by atoms with Crippen LogP contribution in [0.25, 0.3) is 0 Å². The summed E-state index contributed by atoms with van der Waals surface area (Å²) >= 11 is 17.0. The number of halogens is 3. The molecule has 0 unspecified atom stereocenters. The number of para-hydroxylation sites is 1. The van der Waals surface area contributed by atoms with Crippen molar-refractivity contribution in [2.45, 2.75) is 30.6 Å². The van der Waals surface area contributed by atoms with Gasteiger partial charge in [-0.2, -0.15) is 0 Å². The lowest BCUT2D eigenvalue weighted by molar-refractivity contribution is -0.118. The molecule has 0 bridgehead atoms. The topological polar surface area (TPSA) is 37.4 Å². The Bertz CT molecular complexity index is 495. The van der Waals surface area contributed by atoms with E-state index in [1.165, 1.54) is 11.8 Å². The van der Waals surface area contributed by atoms with Crippen molar-refractivity contribution in [3.05, 3.63) is 29.8 Å². The molecule has 104 valence electrons. The van der Waals surface area contributed by atoms with E-state index in [2.05, 4.69) is 0 Å². The normalized spacial score (nSPS) is 11.5. The third-order valence-electron chi connectivity index (χ3n) is 2.52. The van der Waals surface area contributed by atoms with Gasteiger partial charge in [-0.15, -0.1) is 0 Å². The lowest BCUT2D eigenvalue weighted by Crippen LogP contribution is -2.44. The number of benzene rings is 1. The molecule has 3 nitrogen and oxygen atoms in total. The number of carbonyl (C=O) groups is 2. The largest absolute Gasteiger partial charge is 0.305 e. The third-order valence-corrected chi connectivity index (χ3v) is 3.01. The van der Waals surface area contributed by atoms with Crippen molar-refractivity contribution >= 4 is 52.2 Å². The van der Waals surface area contributed by atoms with E-state index in [1.807, 2.05) is 0 Å². The van der Waals surface area contributed by atoms with Gasteiger partial charge >= 0.3 is 0 Å². The Morgan fingerprint density at radius 2 is 1.68 bits per heavy atom. The molecule has 0 radical (unpaired) electrons. The van der Waals surface area contributed by atoms with Crippen molar-refractivity contribution in [2.75, 3.05) is 4.90 Å². The van der Waals surface area contributed by atoms with E-state index < -0.39 is 9.70 Å². The molecule has 1 aromatic carbocycles. The quantitative estimate of drug-likeness (QED) is 0.623. The number of Topliss-reactive ketones (excluding diaryl/α,β-unsaturated/α-hetero) is 1. The van der Waals surface area contributed by atoms with Crippen LogP contribution in [0.1, 0.15) is 31.1 Å². The van der Waals surface area contributed by atoms with E-state index in [0.717, 1.165) is 0 Å². The maximum atomic E-state index is 12.2. The summed E-state index contributed by atoms with van der Waals surface area (Å²) in [5.74, 6) is -0.834. The highest BCUT2D eigenvalue weighted by Gasteiger charge is 2.38. The van der Waals surface area contributed by atoms with Crippen molar-refractivity contribution < 1.29 is 9.59 Å². The average molecular weight is 323 g/mol. The van der Waals surface area contributed by atoms with Crippen molar-refractivity contribution in [1.29, 1.82) is 0 Å². The van der Waals surface area contributed by atoms with Gasteiger partial charge < -0.3 is 4.90 Å². The minimum Gasteiger partial charge on any atom is -0.305 e. The van der Waals surface area contributed by atoms with Crippen LogP contribution in [0, 0.1) is 0 Å². The van der Waals surface area contributed by atoms with Crippen LogP contribution >= 0.6 is 34.8 Å². The molecular formula is C13H14Cl3NO2. The Hall–Kier alpha value is -0.770. The fourth-order valence-electron chi connectivity index (χ4n) is 1.74. The Kier molecular flexibility index (Phi) is 5.25. The highest BCUT2D eigenvalue weighted by Crippen LogP contribution is 2.33. The smallest absolute Gasteiger partial charge is 0.279 e. The molecule has 0 saturated heterocycles. The summed E-state index contributed by atoms with van der Waals surface area (Å²) in [6.45, 7) is 4.99. The molecule has 0 N–H and O–H groups in total. The van der Waals surface area contributed by atoms with Crippen molar-refractivity contribution in [3.8, 4) is 0 Å². The molecule has 0 aliphatic rings.